The van der Waals surface area contributed by atoms with Crippen LogP contribution in [-0.2, 0) is 10.0 Å². The molecule has 0 aliphatic carbocycles. The van der Waals surface area contributed by atoms with Gasteiger partial charge in [0.15, 0.2) is 9.34 Å². The van der Waals surface area contributed by atoms with Crippen molar-refractivity contribution in [3.63, 3.8) is 0 Å². The van der Waals surface area contributed by atoms with Gasteiger partial charge in [0.1, 0.15) is 0 Å². The molecule has 104 valence electrons. The molecular weight excluding hydrogens is 311 g/mol. The number of thioether (sulfide) groups is 1. The monoisotopic (exact) mass is 321 g/mol. The number of sulfonamides is 1. The van der Waals surface area contributed by atoms with Crippen LogP contribution in [0.4, 0.5) is 18.3 Å². The lowest BCUT2D eigenvalue weighted by Gasteiger charge is -2.07. The van der Waals surface area contributed by atoms with Crippen molar-refractivity contribution in [3.05, 3.63) is 5.69 Å². The van der Waals surface area contributed by atoms with Gasteiger partial charge in [-0.05, 0) is 18.7 Å². The van der Waals surface area contributed by atoms with E-state index in [-0.39, 0.29) is 33.3 Å². The molecule has 11 heteroatoms. The molecule has 0 saturated heterocycles. The Balaban J connectivity index is 2.59. The third-order valence-corrected chi connectivity index (χ3v) is 5.47. The third kappa shape index (κ3) is 4.63. The second kappa shape index (κ2) is 5.63. The summed E-state index contributed by atoms with van der Waals surface area (Å²) in [4.78, 5) is 3.74. The largest absolute Gasteiger partial charge is 0.441 e. The summed E-state index contributed by atoms with van der Waals surface area (Å²) in [6, 6.07) is 0. The summed E-state index contributed by atoms with van der Waals surface area (Å²) in [7, 11) is -3.84. The number of nitrogens with one attached hydrogen (secondary N) is 1. The molecule has 0 atom stereocenters. The van der Waals surface area contributed by atoms with Crippen molar-refractivity contribution in [2.45, 2.75) is 16.6 Å². The number of nitrogens with zero attached hydrogens (tertiary/aromatic N) is 1. The van der Waals surface area contributed by atoms with Crippen molar-refractivity contribution in [1.82, 2.24) is 9.71 Å². The number of nitrogens with two attached hydrogens (primary N) is 1. The molecule has 1 aromatic heterocycles. The molecule has 1 rings (SSSR count). The van der Waals surface area contributed by atoms with Gasteiger partial charge in [-0.15, -0.1) is 0 Å². The molecule has 0 radical (unpaired) electrons. The van der Waals surface area contributed by atoms with Gasteiger partial charge in [-0.25, -0.2) is 18.1 Å². The van der Waals surface area contributed by atoms with Crippen LogP contribution in [0.5, 0.6) is 0 Å². The number of anilines is 1. The fraction of sp³-hybridized carbons (Fsp3) is 0.571. The van der Waals surface area contributed by atoms with Crippen LogP contribution in [0.3, 0.4) is 0 Å². The summed E-state index contributed by atoms with van der Waals surface area (Å²) in [6.07, 6.45) is 0. The summed E-state index contributed by atoms with van der Waals surface area (Å²) in [6.45, 7) is 1.15. The summed E-state index contributed by atoms with van der Waals surface area (Å²) in [5.41, 5.74) is 1.22. The molecule has 5 nitrogen and oxygen atoms in total. The van der Waals surface area contributed by atoms with E-state index in [0.717, 1.165) is 11.3 Å². The summed E-state index contributed by atoms with van der Waals surface area (Å²) >= 11 is 0.487. The quantitative estimate of drug-likeness (QED) is 0.804. The van der Waals surface area contributed by atoms with Crippen LogP contribution >= 0.6 is 23.1 Å². The van der Waals surface area contributed by atoms with Gasteiger partial charge in [0.05, 0.1) is 5.69 Å². The van der Waals surface area contributed by atoms with Gasteiger partial charge in [-0.1, -0.05) is 11.3 Å². The first-order chi connectivity index (χ1) is 8.12. The molecule has 0 amide bonds. The second-order valence-corrected chi connectivity index (χ2v) is 7.27. The van der Waals surface area contributed by atoms with E-state index in [9.17, 15) is 21.6 Å². The van der Waals surface area contributed by atoms with Crippen molar-refractivity contribution in [2.75, 3.05) is 18.0 Å². The van der Waals surface area contributed by atoms with Crippen LogP contribution in [0.25, 0.3) is 0 Å². The molecule has 0 aliphatic heterocycles. The smallest absolute Gasteiger partial charge is 0.375 e. The van der Waals surface area contributed by atoms with Gasteiger partial charge in [-0.2, -0.15) is 13.2 Å². The zero-order valence-corrected chi connectivity index (χ0v) is 11.6. The van der Waals surface area contributed by atoms with Crippen LogP contribution in [0.1, 0.15) is 5.69 Å². The molecule has 0 fully saturated rings. The first-order valence-corrected chi connectivity index (χ1v) is 7.83. The second-order valence-electron chi connectivity index (χ2n) is 3.12. The molecule has 18 heavy (non-hydrogen) atoms. The van der Waals surface area contributed by atoms with E-state index >= 15 is 0 Å². The van der Waals surface area contributed by atoms with Gasteiger partial charge in [-0.3, -0.25) is 0 Å². The van der Waals surface area contributed by atoms with E-state index in [2.05, 4.69) is 9.71 Å². The molecule has 0 spiro atoms. The maximum atomic E-state index is 11.8. The Bertz CT molecular complexity index is 512. The highest BCUT2D eigenvalue weighted by Gasteiger charge is 2.28. The number of nitrogen functional groups attached to an aromatic ring is 1. The van der Waals surface area contributed by atoms with Gasteiger partial charge in [0, 0.05) is 12.3 Å². The lowest BCUT2D eigenvalue weighted by molar-refractivity contribution is -0.0327. The van der Waals surface area contributed by atoms with Crippen molar-refractivity contribution in [3.8, 4) is 0 Å². The summed E-state index contributed by atoms with van der Waals surface area (Å²) in [5.74, 6) is -0.393. The van der Waals surface area contributed by atoms with E-state index in [0.29, 0.717) is 0 Å². The van der Waals surface area contributed by atoms with Crippen molar-refractivity contribution in [2.24, 2.45) is 0 Å². The molecule has 3 N–H and O–H groups in total. The normalized spacial score (nSPS) is 12.9. The highest BCUT2D eigenvalue weighted by atomic mass is 32.2. The molecule has 0 bridgehead atoms. The SMILES string of the molecule is Cc1nc(N)sc1S(=O)(=O)NCCSC(F)(F)F. The standard InChI is InChI=1S/C7H10F3N3O2S3/c1-4-5(17-6(11)13-4)18(14,15)12-2-3-16-7(8,9)10/h12H,2-3H2,1H3,(H2,11,13). The van der Waals surface area contributed by atoms with E-state index in [1.807, 2.05) is 0 Å². The zero-order valence-electron chi connectivity index (χ0n) is 9.11. The van der Waals surface area contributed by atoms with Crippen molar-refractivity contribution >= 4 is 38.3 Å². The van der Waals surface area contributed by atoms with Crippen LogP contribution in [0, 0.1) is 6.92 Å². The highest BCUT2D eigenvalue weighted by molar-refractivity contribution is 8.00. The Morgan fingerprint density at radius 1 is 1.50 bits per heavy atom. The van der Waals surface area contributed by atoms with Gasteiger partial charge in [0.25, 0.3) is 10.0 Å². The number of halogens is 3. The minimum atomic E-state index is -4.36. The van der Waals surface area contributed by atoms with Crippen molar-refractivity contribution < 1.29 is 21.6 Å². The molecule has 0 saturated carbocycles. The minimum Gasteiger partial charge on any atom is -0.375 e. The lowest BCUT2D eigenvalue weighted by atomic mass is 10.6. The Morgan fingerprint density at radius 2 is 2.11 bits per heavy atom. The third-order valence-electron chi connectivity index (χ3n) is 1.67. The molecule has 0 aromatic carbocycles. The fourth-order valence-corrected chi connectivity index (χ4v) is 4.00. The number of hydrogen-bond acceptors (Lipinski definition) is 6. The molecule has 0 aliphatic rings. The predicted octanol–water partition coefficient (Wildman–Crippen LogP) is 1.57. The van der Waals surface area contributed by atoms with Crippen LogP contribution in [0.2, 0.25) is 0 Å². The first kappa shape index (κ1) is 15.5. The maximum absolute atomic E-state index is 11.8. The van der Waals surface area contributed by atoms with E-state index in [1.165, 1.54) is 6.92 Å². The molecule has 1 heterocycles. The van der Waals surface area contributed by atoms with E-state index in [1.54, 1.807) is 0 Å². The van der Waals surface area contributed by atoms with Gasteiger partial charge >= 0.3 is 5.51 Å². The Hall–Kier alpha value is -0.520. The Kier molecular flexibility index (Phi) is 4.86. The first-order valence-electron chi connectivity index (χ1n) is 4.55. The number of thiazole rings is 1. The molecular formula is C7H10F3N3O2S3. The summed E-state index contributed by atoms with van der Waals surface area (Å²) < 4.78 is 60.9. The zero-order chi connectivity index (χ0) is 14.0. The average molecular weight is 321 g/mol. The number of aromatic nitrogens is 1. The average Bonchev–Trinajstić information content (AvgIpc) is 2.52. The van der Waals surface area contributed by atoms with Crippen molar-refractivity contribution in [1.29, 1.82) is 0 Å². The minimum absolute atomic E-state index is 0.0722. The number of rotatable bonds is 5. The van der Waals surface area contributed by atoms with Crippen LogP contribution in [-0.4, -0.2) is 31.2 Å². The Morgan fingerprint density at radius 3 is 2.56 bits per heavy atom. The molecule has 1 aromatic rings. The number of hydrogen-bond donors (Lipinski definition) is 2. The summed E-state index contributed by atoms with van der Waals surface area (Å²) in [5, 5.41) is 0.0949. The Labute approximate surface area is 110 Å². The molecule has 0 unspecified atom stereocenters. The number of aryl methyl sites for hydroxylation is 1. The van der Waals surface area contributed by atoms with Gasteiger partial charge in [0.2, 0.25) is 0 Å². The predicted molar refractivity (Wildman–Crippen MR) is 65.0 cm³/mol. The fourth-order valence-electron chi connectivity index (χ4n) is 1.06. The topological polar surface area (TPSA) is 85.1 Å². The van der Waals surface area contributed by atoms with Gasteiger partial charge < -0.3 is 5.73 Å². The maximum Gasteiger partial charge on any atom is 0.441 e. The highest BCUT2D eigenvalue weighted by Crippen LogP contribution is 2.29. The van der Waals surface area contributed by atoms with E-state index < -0.39 is 21.3 Å². The number of alkyl halides is 3. The van der Waals surface area contributed by atoms with E-state index in [4.69, 9.17) is 5.73 Å². The van der Waals surface area contributed by atoms with Crippen LogP contribution in [0.15, 0.2) is 4.21 Å². The van der Waals surface area contributed by atoms with Crippen LogP contribution < -0.4 is 10.5 Å². The lowest BCUT2D eigenvalue weighted by Crippen LogP contribution is -2.26.